The van der Waals surface area contributed by atoms with E-state index >= 15 is 0 Å². The van der Waals surface area contributed by atoms with E-state index in [0.29, 0.717) is 0 Å². The predicted molar refractivity (Wildman–Crippen MR) is 82.0 cm³/mol. The van der Waals surface area contributed by atoms with Gasteiger partial charge in [0.15, 0.2) is 0 Å². The Bertz CT molecular complexity index is 684. The number of aryl methyl sites for hydroxylation is 1. The summed E-state index contributed by atoms with van der Waals surface area (Å²) in [6, 6.07) is 17.0. The van der Waals surface area contributed by atoms with E-state index < -0.39 is 0 Å². The standard InChI is InChI=1S/C18H18O/c1-12(2)19-18-16-10-6-4-8-14(16)13(3)15-9-5-7-11-17(15)18/h4-12H,1-3H3. The summed E-state index contributed by atoms with van der Waals surface area (Å²) in [5.74, 6) is 1.01. The van der Waals surface area contributed by atoms with Crippen LogP contribution in [0.5, 0.6) is 5.75 Å². The van der Waals surface area contributed by atoms with Gasteiger partial charge >= 0.3 is 0 Å². The van der Waals surface area contributed by atoms with E-state index in [1.807, 2.05) is 0 Å². The van der Waals surface area contributed by atoms with Gasteiger partial charge in [-0.3, -0.25) is 0 Å². The average molecular weight is 250 g/mol. The first kappa shape index (κ1) is 12.0. The van der Waals surface area contributed by atoms with Crippen molar-refractivity contribution in [2.75, 3.05) is 0 Å². The molecule has 0 aliphatic carbocycles. The van der Waals surface area contributed by atoms with Gasteiger partial charge in [-0.1, -0.05) is 48.5 Å². The van der Waals surface area contributed by atoms with Crippen LogP contribution >= 0.6 is 0 Å². The van der Waals surface area contributed by atoms with Crippen molar-refractivity contribution >= 4 is 21.5 Å². The first-order valence-electron chi connectivity index (χ1n) is 6.75. The second-order valence-electron chi connectivity index (χ2n) is 5.21. The van der Waals surface area contributed by atoms with Crippen molar-refractivity contribution in [1.29, 1.82) is 0 Å². The Hall–Kier alpha value is -2.02. The zero-order valence-corrected chi connectivity index (χ0v) is 11.6. The van der Waals surface area contributed by atoms with Crippen LogP contribution in [0.1, 0.15) is 19.4 Å². The SMILES string of the molecule is Cc1c2ccccc2c(OC(C)C)c2ccccc12. The first-order valence-corrected chi connectivity index (χ1v) is 6.75. The van der Waals surface area contributed by atoms with Gasteiger partial charge in [0.05, 0.1) is 6.10 Å². The fourth-order valence-electron chi connectivity index (χ4n) is 2.67. The summed E-state index contributed by atoms with van der Waals surface area (Å²) < 4.78 is 6.10. The third kappa shape index (κ3) is 1.95. The maximum absolute atomic E-state index is 6.10. The molecule has 3 rings (SSSR count). The zero-order chi connectivity index (χ0) is 13.4. The zero-order valence-electron chi connectivity index (χ0n) is 11.6. The van der Waals surface area contributed by atoms with Crippen molar-refractivity contribution in [3.63, 3.8) is 0 Å². The lowest BCUT2D eigenvalue weighted by molar-refractivity contribution is 0.248. The van der Waals surface area contributed by atoms with Gasteiger partial charge < -0.3 is 4.74 Å². The van der Waals surface area contributed by atoms with Crippen LogP contribution in [0, 0.1) is 6.92 Å². The normalized spacial score (nSPS) is 11.4. The minimum Gasteiger partial charge on any atom is -0.490 e. The van der Waals surface area contributed by atoms with Crippen molar-refractivity contribution < 1.29 is 4.74 Å². The van der Waals surface area contributed by atoms with Gasteiger partial charge in [0, 0.05) is 10.8 Å². The molecule has 0 saturated carbocycles. The van der Waals surface area contributed by atoms with Crippen LogP contribution in [0.3, 0.4) is 0 Å². The maximum atomic E-state index is 6.10. The molecular formula is C18H18O. The van der Waals surface area contributed by atoms with E-state index in [9.17, 15) is 0 Å². The molecule has 0 heterocycles. The monoisotopic (exact) mass is 250 g/mol. The molecule has 1 heteroatoms. The highest BCUT2D eigenvalue weighted by molar-refractivity contribution is 6.08. The van der Waals surface area contributed by atoms with Crippen molar-refractivity contribution in [3.8, 4) is 5.75 Å². The Balaban J connectivity index is 2.49. The van der Waals surface area contributed by atoms with E-state index in [4.69, 9.17) is 4.74 Å². The second kappa shape index (κ2) is 4.58. The molecule has 3 aromatic rings. The highest BCUT2D eigenvalue weighted by Gasteiger charge is 2.12. The third-order valence-corrected chi connectivity index (χ3v) is 3.50. The van der Waals surface area contributed by atoms with Gasteiger partial charge in [0.1, 0.15) is 5.75 Å². The number of rotatable bonds is 2. The van der Waals surface area contributed by atoms with Crippen LogP contribution < -0.4 is 4.74 Å². The largest absolute Gasteiger partial charge is 0.490 e. The van der Waals surface area contributed by atoms with Gasteiger partial charge in [0.25, 0.3) is 0 Å². The van der Waals surface area contributed by atoms with E-state index in [1.54, 1.807) is 0 Å². The van der Waals surface area contributed by atoms with Crippen LogP contribution in [0.2, 0.25) is 0 Å². The van der Waals surface area contributed by atoms with Gasteiger partial charge in [-0.05, 0) is 37.1 Å². The van der Waals surface area contributed by atoms with E-state index in [0.717, 1.165) is 5.75 Å². The van der Waals surface area contributed by atoms with Gasteiger partial charge in [-0.25, -0.2) is 0 Å². The Morgan fingerprint density at radius 2 is 1.16 bits per heavy atom. The Kier molecular flexibility index (Phi) is 2.90. The summed E-state index contributed by atoms with van der Waals surface area (Å²) in [6.45, 7) is 6.33. The molecule has 0 aromatic heterocycles. The maximum Gasteiger partial charge on any atom is 0.135 e. The first-order chi connectivity index (χ1) is 9.18. The number of ether oxygens (including phenoxy) is 1. The summed E-state index contributed by atoms with van der Waals surface area (Å²) in [5, 5.41) is 4.95. The molecular weight excluding hydrogens is 232 g/mol. The van der Waals surface area contributed by atoms with Crippen LogP contribution in [0.15, 0.2) is 48.5 Å². The summed E-state index contributed by atoms with van der Waals surface area (Å²) in [6.07, 6.45) is 0.175. The van der Waals surface area contributed by atoms with Crippen LogP contribution in [0.4, 0.5) is 0 Å². The average Bonchev–Trinajstić information content (AvgIpc) is 2.43. The molecule has 0 spiro atoms. The molecule has 0 aliphatic rings. The predicted octanol–water partition coefficient (Wildman–Crippen LogP) is 5.09. The smallest absolute Gasteiger partial charge is 0.135 e. The summed E-state index contributed by atoms with van der Waals surface area (Å²) in [4.78, 5) is 0. The number of hydrogen-bond donors (Lipinski definition) is 0. The van der Waals surface area contributed by atoms with Crippen LogP contribution in [-0.4, -0.2) is 6.10 Å². The Morgan fingerprint density at radius 1 is 0.737 bits per heavy atom. The quantitative estimate of drug-likeness (QED) is 0.576. The molecule has 3 aromatic carbocycles. The van der Waals surface area contributed by atoms with Crippen LogP contribution in [-0.2, 0) is 0 Å². The molecule has 0 amide bonds. The van der Waals surface area contributed by atoms with Crippen molar-refractivity contribution in [2.45, 2.75) is 26.9 Å². The lowest BCUT2D eigenvalue weighted by Crippen LogP contribution is -2.06. The molecule has 0 aliphatic heterocycles. The lowest BCUT2D eigenvalue weighted by atomic mass is 9.96. The van der Waals surface area contributed by atoms with Crippen molar-refractivity contribution in [2.24, 2.45) is 0 Å². The molecule has 0 fully saturated rings. The summed E-state index contributed by atoms with van der Waals surface area (Å²) in [7, 11) is 0. The fraction of sp³-hybridized carbons (Fsp3) is 0.222. The molecule has 0 N–H and O–H groups in total. The topological polar surface area (TPSA) is 9.23 Å². The van der Waals surface area contributed by atoms with Crippen molar-refractivity contribution in [1.82, 2.24) is 0 Å². The number of hydrogen-bond acceptors (Lipinski definition) is 1. The number of benzene rings is 3. The molecule has 0 saturated heterocycles. The highest BCUT2D eigenvalue weighted by atomic mass is 16.5. The minimum absolute atomic E-state index is 0.175. The lowest BCUT2D eigenvalue weighted by Gasteiger charge is -2.17. The van der Waals surface area contributed by atoms with E-state index in [2.05, 4.69) is 69.3 Å². The number of fused-ring (bicyclic) bond motifs is 2. The molecule has 19 heavy (non-hydrogen) atoms. The molecule has 1 nitrogen and oxygen atoms in total. The summed E-state index contributed by atoms with van der Waals surface area (Å²) >= 11 is 0. The fourth-order valence-corrected chi connectivity index (χ4v) is 2.67. The van der Waals surface area contributed by atoms with Crippen molar-refractivity contribution in [3.05, 3.63) is 54.1 Å². The van der Waals surface area contributed by atoms with E-state index in [-0.39, 0.29) is 6.10 Å². The minimum atomic E-state index is 0.175. The second-order valence-corrected chi connectivity index (χ2v) is 5.21. The van der Waals surface area contributed by atoms with E-state index in [1.165, 1.54) is 27.1 Å². The molecule has 0 bridgehead atoms. The molecule has 0 atom stereocenters. The third-order valence-electron chi connectivity index (χ3n) is 3.50. The molecule has 0 unspecified atom stereocenters. The van der Waals surface area contributed by atoms with Gasteiger partial charge in [0.2, 0.25) is 0 Å². The van der Waals surface area contributed by atoms with Crippen LogP contribution in [0.25, 0.3) is 21.5 Å². The molecule has 0 radical (unpaired) electrons. The van der Waals surface area contributed by atoms with Gasteiger partial charge in [-0.15, -0.1) is 0 Å². The Morgan fingerprint density at radius 3 is 1.58 bits per heavy atom. The Labute approximate surface area is 113 Å². The summed E-state index contributed by atoms with van der Waals surface area (Å²) in [5.41, 5.74) is 1.32. The highest BCUT2D eigenvalue weighted by Crippen LogP contribution is 2.38. The molecule has 96 valence electrons. The van der Waals surface area contributed by atoms with Gasteiger partial charge in [-0.2, -0.15) is 0 Å².